The minimum absolute atomic E-state index is 0.000172. The van der Waals surface area contributed by atoms with Crippen molar-refractivity contribution in [2.24, 2.45) is 11.8 Å². The van der Waals surface area contributed by atoms with Crippen LogP contribution in [-0.4, -0.2) is 204 Å². The molecule has 2 saturated heterocycles. The Morgan fingerprint density at radius 2 is 1.34 bits per heavy atom. The fraction of sp³-hybridized carbons (Fsp3) is 0.865. The van der Waals surface area contributed by atoms with Crippen molar-refractivity contribution in [1.82, 2.24) is 31.1 Å². The Bertz CT molecular complexity index is 2040. The van der Waals surface area contributed by atoms with Crippen molar-refractivity contribution in [3.05, 3.63) is 11.8 Å². The zero-order valence-corrected chi connectivity index (χ0v) is 49.7. The van der Waals surface area contributed by atoms with Crippen molar-refractivity contribution < 1.29 is 82.0 Å². The summed E-state index contributed by atoms with van der Waals surface area (Å²) in [5.74, 6) is -2.40. The van der Waals surface area contributed by atoms with Crippen molar-refractivity contribution in [2.45, 2.75) is 231 Å². The molecule has 1 aliphatic carbocycles. The van der Waals surface area contributed by atoms with Crippen molar-refractivity contribution in [3.63, 3.8) is 0 Å². The van der Waals surface area contributed by atoms with E-state index in [1.54, 1.807) is 89.2 Å². The molecule has 3 aliphatic heterocycles. The summed E-state index contributed by atoms with van der Waals surface area (Å²) in [5, 5.41) is 60.2. The number of rotatable bonds is 15. The molecule has 5 amide bonds. The van der Waals surface area contributed by atoms with E-state index in [0.29, 0.717) is 18.9 Å². The molecule has 8 N–H and O–H groups in total. The van der Waals surface area contributed by atoms with Gasteiger partial charge in [-0.2, -0.15) is 0 Å². The minimum Gasteiger partial charge on any atom is -0.491 e. The van der Waals surface area contributed by atoms with Crippen LogP contribution in [0.25, 0.3) is 0 Å². The smallest absolute Gasteiger partial charge is 0.410 e. The van der Waals surface area contributed by atoms with Gasteiger partial charge in [-0.15, -0.1) is 0 Å². The second-order valence-corrected chi connectivity index (χ2v) is 31.3. The molecule has 12 atom stereocenters. The van der Waals surface area contributed by atoms with E-state index >= 15 is 0 Å². The van der Waals surface area contributed by atoms with Gasteiger partial charge in [0.15, 0.2) is 14.6 Å². The third-order valence-electron chi connectivity index (χ3n) is 13.8. The van der Waals surface area contributed by atoms with Crippen molar-refractivity contribution in [1.29, 1.82) is 0 Å². The molecule has 0 aromatic rings. The number of alkyl carbamates (subject to hydrolysis) is 2. The lowest BCUT2D eigenvalue weighted by Crippen LogP contribution is -2.71. The number of ether oxygens (including phenoxy) is 7. The SMILES string of the molecule is CN(C(=O)OC(C)(C)C)[C@@H]1[C@@H](O)[C@@H](O[C@H]2[C@H](NC(=O)C(O)C3CN(C(=O)OC(C)(C)C)C3)C[C@H](NC(=O)OC(C)(C)C)C([C@H]3OC(CNCCO[Si](C)(C)C(C)(C)C)=CC[C@H]3NC(=O)OC(C)(C)C)[C@@H]2O)OC[C@]1(C)O. The van der Waals surface area contributed by atoms with Crippen LogP contribution >= 0.6 is 0 Å². The zero-order chi connectivity index (χ0) is 57.9. The van der Waals surface area contributed by atoms with Gasteiger partial charge < -0.3 is 89.1 Å². The quantitative estimate of drug-likeness (QED) is 0.0646. The summed E-state index contributed by atoms with van der Waals surface area (Å²) in [4.78, 5) is 70.3. The number of hydrogen-bond donors (Lipinski definition) is 8. The van der Waals surface area contributed by atoms with Crippen molar-refractivity contribution in [3.8, 4) is 0 Å². The number of amides is 5. The summed E-state index contributed by atoms with van der Waals surface area (Å²) in [6, 6.07) is -4.76. The molecule has 0 aromatic heterocycles. The molecule has 4 aliphatic rings. The Kier molecular flexibility index (Phi) is 20.8. The van der Waals surface area contributed by atoms with Crippen LogP contribution in [0.5, 0.6) is 0 Å². The largest absolute Gasteiger partial charge is 0.491 e. The van der Waals surface area contributed by atoms with Gasteiger partial charge in [0.1, 0.15) is 58.2 Å². The Labute approximate surface area is 451 Å². The van der Waals surface area contributed by atoms with E-state index in [2.05, 4.69) is 55.1 Å². The van der Waals surface area contributed by atoms with Gasteiger partial charge >= 0.3 is 24.4 Å². The molecule has 0 aromatic carbocycles. The van der Waals surface area contributed by atoms with Crippen LogP contribution in [-0.2, 0) is 42.4 Å². The third kappa shape index (κ3) is 18.3. The van der Waals surface area contributed by atoms with Crippen LogP contribution < -0.4 is 21.3 Å². The number of carbonyl (C=O) groups is 5. The van der Waals surface area contributed by atoms with Gasteiger partial charge in [0.25, 0.3) is 0 Å². The topological polar surface area (TPSA) is 295 Å². The highest BCUT2D eigenvalue weighted by Gasteiger charge is 2.57. The second-order valence-electron chi connectivity index (χ2n) is 26.5. The molecule has 24 heteroatoms. The van der Waals surface area contributed by atoms with E-state index in [4.69, 9.17) is 37.6 Å². The van der Waals surface area contributed by atoms with Crippen LogP contribution in [0.1, 0.15) is 124 Å². The van der Waals surface area contributed by atoms with Gasteiger partial charge in [-0.25, -0.2) is 19.2 Å². The standard InChI is InChI=1S/C52H94N6O17Si/c1-47(2,3)72-43(63)55-31-21-20-30(25-53-22-23-69-76(18,19)51(13,14)15)70-38(31)34-32(56-44(64)73-48(4,5)6)24-33(54-41(62)35(59)29-26-58(27-29)46(66)75-50(10,11)12)39(36(34)60)71-42-37(61)40(52(16,67)28-68-42)57(17)45(65)74-49(7,8)9/h20,29,31-40,42,53,59-61,67H,21-28H2,1-19H3,(H,54,62)(H,55,63)(H,56,64)/t31-,32+,33-,34?,35?,36+,37-,38+,39+,40-,42-,52+/m1/s1. The average molecular weight is 1100 g/mol. The van der Waals surface area contributed by atoms with Crippen LogP contribution in [0.2, 0.25) is 18.1 Å². The van der Waals surface area contributed by atoms with Crippen molar-refractivity contribution >= 4 is 38.6 Å². The highest BCUT2D eigenvalue weighted by molar-refractivity contribution is 6.74. The molecule has 0 radical (unpaired) electrons. The fourth-order valence-corrected chi connectivity index (χ4v) is 10.2. The second kappa shape index (κ2) is 24.6. The molecule has 1 saturated carbocycles. The number of aliphatic hydroxyl groups excluding tert-OH is 3. The molecule has 23 nitrogen and oxygen atoms in total. The number of aliphatic hydroxyl groups is 4. The first-order chi connectivity index (χ1) is 34.5. The highest BCUT2D eigenvalue weighted by atomic mass is 28.4. The van der Waals surface area contributed by atoms with Crippen LogP contribution in [0.4, 0.5) is 19.2 Å². The summed E-state index contributed by atoms with van der Waals surface area (Å²) in [5.41, 5.74) is -5.47. The van der Waals surface area contributed by atoms with Gasteiger partial charge in [0.05, 0.1) is 37.4 Å². The first kappa shape index (κ1) is 64.5. The Hall–Kier alpha value is -4.01. The summed E-state index contributed by atoms with van der Waals surface area (Å²) in [6.45, 7) is 33.0. The Morgan fingerprint density at radius 3 is 1.87 bits per heavy atom. The molecule has 3 heterocycles. The molecule has 3 fully saturated rings. The van der Waals surface area contributed by atoms with Gasteiger partial charge in [-0.3, -0.25) is 4.79 Å². The van der Waals surface area contributed by atoms with E-state index in [-0.39, 0.29) is 37.5 Å². The third-order valence-corrected chi connectivity index (χ3v) is 18.3. The predicted octanol–water partition coefficient (Wildman–Crippen LogP) is 4.24. The zero-order valence-electron chi connectivity index (χ0n) is 48.7. The number of nitrogens with zero attached hydrogens (tertiary/aromatic N) is 2. The first-order valence-electron chi connectivity index (χ1n) is 26.5. The number of hydrogen-bond acceptors (Lipinski definition) is 18. The predicted molar refractivity (Wildman–Crippen MR) is 282 cm³/mol. The summed E-state index contributed by atoms with van der Waals surface area (Å²) in [7, 11) is -0.716. The number of likely N-dealkylation sites (tertiary alicyclic amines) is 1. The minimum atomic E-state index is -2.05. The number of carbonyl (C=O) groups excluding carboxylic acids is 5. The molecule has 0 spiro atoms. The van der Waals surface area contributed by atoms with Crippen LogP contribution in [0, 0.1) is 11.8 Å². The Morgan fingerprint density at radius 1 is 0.803 bits per heavy atom. The normalized spacial score (nSPS) is 29.4. The van der Waals surface area contributed by atoms with Gasteiger partial charge in [0.2, 0.25) is 5.91 Å². The number of nitrogens with one attached hydrogen (secondary N) is 4. The van der Waals surface area contributed by atoms with Gasteiger partial charge in [0, 0.05) is 51.2 Å². The number of likely N-dealkylation sites (N-methyl/N-ethyl adjacent to an activating group) is 1. The molecule has 76 heavy (non-hydrogen) atoms. The lowest BCUT2D eigenvalue weighted by Gasteiger charge is -2.52. The van der Waals surface area contributed by atoms with E-state index in [0.717, 1.165) is 4.90 Å². The summed E-state index contributed by atoms with van der Waals surface area (Å²) < 4.78 is 48.1. The van der Waals surface area contributed by atoms with Crippen molar-refractivity contribution in [2.75, 3.05) is 46.4 Å². The monoisotopic (exact) mass is 1100 g/mol. The maximum atomic E-state index is 14.2. The Balaban J connectivity index is 1.79. The van der Waals surface area contributed by atoms with Gasteiger partial charge in [-0.1, -0.05) is 20.8 Å². The summed E-state index contributed by atoms with van der Waals surface area (Å²) >= 11 is 0. The molecular formula is C52H94N6O17Si. The molecule has 4 rings (SSSR count). The highest BCUT2D eigenvalue weighted by Crippen LogP contribution is 2.40. The van der Waals surface area contributed by atoms with Crippen LogP contribution in [0.3, 0.4) is 0 Å². The molecule has 2 unspecified atom stereocenters. The van der Waals surface area contributed by atoms with E-state index in [1.165, 1.54) is 18.9 Å². The van der Waals surface area contributed by atoms with E-state index in [9.17, 15) is 44.4 Å². The average Bonchev–Trinajstić information content (AvgIpc) is 3.19. The van der Waals surface area contributed by atoms with Crippen LogP contribution in [0.15, 0.2) is 11.8 Å². The first-order valence-corrected chi connectivity index (χ1v) is 29.4. The van der Waals surface area contributed by atoms with E-state index < -0.39 is 146 Å². The summed E-state index contributed by atoms with van der Waals surface area (Å²) in [6.07, 6.45) is -11.1. The maximum absolute atomic E-state index is 14.2. The van der Waals surface area contributed by atoms with Gasteiger partial charge in [-0.05, 0) is 127 Å². The lowest BCUT2D eigenvalue weighted by atomic mass is 9.72. The molecule has 438 valence electrons. The molecule has 0 bridgehead atoms. The van der Waals surface area contributed by atoms with E-state index in [1.807, 2.05) is 0 Å². The lowest BCUT2D eigenvalue weighted by molar-refractivity contribution is -0.306. The maximum Gasteiger partial charge on any atom is 0.410 e. The molecular weight excluding hydrogens is 1010 g/mol. The fourth-order valence-electron chi connectivity index (χ4n) is 9.17.